The van der Waals surface area contributed by atoms with Crippen molar-refractivity contribution in [1.82, 2.24) is 0 Å². The van der Waals surface area contributed by atoms with Gasteiger partial charge < -0.3 is 9.47 Å². The van der Waals surface area contributed by atoms with E-state index in [0.717, 1.165) is 0 Å². The molecule has 0 aromatic rings. The highest BCUT2D eigenvalue weighted by Crippen LogP contribution is 2.10. The van der Waals surface area contributed by atoms with Crippen molar-refractivity contribution in [1.29, 1.82) is 0 Å². The monoisotopic (exact) mass is 196 g/mol. The van der Waals surface area contributed by atoms with Crippen molar-refractivity contribution in [3.8, 4) is 0 Å². The third-order valence-corrected chi connectivity index (χ3v) is 1.71. The molecule has 1 fully saturated rings. The maximum Gasteiger partial charge on any atom is 0.341 e. The molecule has 76 valence electrons. The van der Waals surface area contributed by atoms with Crippen molar-refractivity contribution in [2.75, 3.05) is 13.2 Å². The number of Topliss-reactive ketones (excluding diaryl/α,β-unsaturated/α-hetero) is 1. The lowest BCUT2D eigenvalue weighted by atomic mass is 10.1. The molecule has 1 unspecified atom stereocenters. The van der Waals surface area contributed by atoms with Crippen LogP contribution in [-0.2, 0) is 19.1 Å². The van der Waals surface area contributed by atoms with Crippen molar-refractivity contribution in [2.45, 2.75) is 13.0 Å². The number of carbonyl (C=O) groups excluding carboxylic acids is 2. The van der Waals surface area contributed by atoms with Gasteiger partial charge in [0.2, 0.25) is 0 Å². The van der Waals surface area contributed by atoms with E-state index in [1.807, 2.05) is 0 Å². The second-order valence-corrected chi connectivity index (χ2v) is 3.14. The number of rotatable bonds is 5. The molecule has 0 spiro atoms. The Kier molecular flexibility index (Phi) is 3.19. The maximum absolute atomic E-state index is 11.2. The Morgan fingerprint density at radius 1 is 1.50 bits per heavy atom. The van der Waals surface area contributed by atoms with E-state index in [1.54, 1.807) is 0 Å². The van der Waals surface area contributed by atoms with Crippen molar-refractivity contribution in [2.24, 2.45) is 0 Å². The molecule has 1 aliphatic heterocycles. The van der Waals surface area contributed by atoms with Crippen LogP contribution in [0.2, 0.25) is 0 Å². The molecule has 0 N–H and O–H groups in total. The van der Waals surface area contributed by atoms with Gasteiger partial charge in [0.05, 0.1) is 12.2 Å². The number of carbonyl (C=O) groups is 2. The van der Waals surface area contributed by atoms with E-state index in [1.165, 1.54) is 6.92 Å². The average Bonchev–Trinajstić information content (AvgIpc) is 2.95. The van der Waals surface area contributed by atoms with Crippen molar-refractivity contribution in [3.63, 3.8) is 0 Å². The van der Waals surface area contributed by atoms with E-state index in [-0.39, 0.29) is 23.9 Å². The minimum atomic E-state index is -0.700. The summed E-state index contributed by atoms with van der Waals surface area (Å²) in [6.45, 7) is 9.08. The molecule has 4 nitrogen and oxygen atoms in total. The second-order valence-electron chi connectivity index (χ2n) is 3.14. The molecule has 4 heteroatoms. The van der Waals surface area contributed by atoms with Crippen LogP contribution >= 0.6 is 0 Å². The molecule has 1 heterocycles. The Balaban J connectivity index is 2.38. The highest BCUT2D eigenvalue weighted by Gasteiger charge is 2.26. The lowest BCUT2D eigenvalue weighted by molar-refractivity contribution is -0.140. The van der Waals surface area contributed by atoms with Gasteiger partial charge in [-0.2, -0.15) is 0 Å². The zero-order valence-corrected chi connectivity index (χ0v) is 8.04. The molecular formula is C10H12O4. The van der Waals surface area contributed by atoms with Gasteiger partial charge in [0.15, 0.2) is 5.78 Å². The van der Waals surface area contributed by atoms with Gasteiger partial charge in [0.25, 0.3) is 0 Å². The molecule has 0 aromatic carbocycles. The normalized spacial score (nSPS) is 18.5. The number of esters is 1. The minimum absolute atomic E-state index is 0.00770. The number of hydrogen-bond donors (Lipinski definition) is 0. The second kappa shape index (κ2) is 4.19. The Morgan fingerprint density at radius 3 is 2.50 bits per heavy atom. The van der Waals surface area contributed by atoms with Crippen LogP contribution in [0, 0.1) is 0 Å². The summed E-state index contributed by atoms with van der Waals surface area (Å²) in [5, 5.41) is 0. The van der Waals surface area contributed by atoms with Crippen LogP contribution in [0.15, 0.2) is 24.3 Å². The predicted octanol–water partition coefficient (Wildman–Crippen LogP) is 0.630. The molecule has 0 bridgehead atoms. The average molecular weight is 196 g/mol. The topological polar surface area (TPSA) is 55.9 Å². The fraction of sp³-hybridized carbons (Fsp3) is 0.400. The largest absolute Gasteiger partial charge is 0.459 e. The van der Waals surface area contributed by atoms with Gasteiger partial charge in [-0.1, -0.05) is 13.2 Å². The van der Waals surface area contributed by atoms with Crippen LogP contribution in [0.5, 0.6) is 0 Å². The van der Waals surface area contributed by atoms with Crippen molar-refractivity contribution < 1.29 is 19.1 Å². The van der Waals surface area contributed by atoms with Crippen LogP contribution in [0.25, 0.3) is 0 Å². The first-order valence-corrected chi connectivity index (χ1v) is 4.20. The molecule has 14 heavy (non-hydrogen) atoms. The summed E-state index contributed by atoms with van der Waals surface area (Å²) in [4.78, 5) is 22.4. The summed E-state index contributed by atoms with van der Waals surface area (Å²) in [6.07, 6.45) is -0.00770. The summed E-state index contributed by atoms with van der Waals surface area (Å²) in [7, 11) is 0. The fourth-order valence-electron chi connectivity index (χ4n) is 0.770. The summed E-state index contributed by atoms with van der Waals surface area (Å²) in [5.41, 5.74) is 0.0905. The lowest BCUT2D eigenvalue weighted by Crippen LogP contribution is -2.17. The molecule has 1 aliphatic rings. The van der Waals surface area contributed by atoms with Crippen LogP contribution in [-0.4, -0.2) is 31.1 Å². The van der Waals surface area contributed by atoms with Gasteiger partial charge >= 0.3 is 5.97 Å². The molecular weight excluding hydrogens is 184 g/mol. The molecule has 0 amide bonds. The first-order valence-electron chi connectivity index (χ1n) is 4.20. The zero-order valence-electron chi connectivity index (χ0n) is 8.04. The predicted molar refractivity (Wildman–Crippen MR) is 49.7 cm³/mol. The van der Waals surface area contributed by atoms with Crippen LogP contribution in [0.1, 0.15) is 6.92 Å². The SMILES string of the molecule is C=C(C)C(=O)C(=C)C(=O)OCC1CO1. The lowest BCUT2D eigenvalue weighted by Gasteiger charge is -2.04. The summed E-state index contributed by atoms with van der Waals surface area (Å²) < 4.78 is 9.61. The third-order valence-electron chi connectivity index (χ3n) is 1.71. The standard InChI is InChI=1S/C10H12O4/c1-6(2)9(11)7(3)10(12)14-5-8-4-13-8/h8H,1,3-5H2,2H3. The van der Waals surface area contributed by atoms with E-state index < -0.39 is 11.8 Å². The third kappa shape index (κ3) is 2.81. The Bertz CT molecular complexity index is 299. The zero-order chi connectivity index (χ0) is 10.7. The Hall–Kier alpha value is -1.42. The molecule has 1 rings (SSSR count). The first-order chi connectivity index (χ1) is 6.52. The van der Waals surface area contributed by atoms with Gasteiger partial charge in [-0.05, 0) is 12.5 Å². The summed E-state index contributed by atoms with van der Waals surface area (Å²) in [6, 6.07) is 0. The van der Waals surface area contributed by atoms with E-state index in [9.17, 15) is 9.59 Å². The maximum atomic E-state index is 11.2. The Morgan fingerprint density at radius 2 is 2.07 bits per heavy atom. The Labute approximate surface area is 82.2 Å². The highest BCUT2D eigenvalue weighted by molar-refractivity contribution is 6.23. The quantitative estimate of drug-likeness (QED) is 0.213. The van der Waals surface area contributed by atoms with E-state index in [2.05, 4.69) is 13.2 Å². The van der Waals surface area contributed by atoms with Crippen LogP contribution in [0.4, 0.5) is 0 Å². The minimum Gasteiger partial charge on any atom is -0.459 e. The summed E-state index contributed by atoms with van der Waals surface area (Å²) >= 11 is 0. The number of hydrogen-bond acceptors (Lipinski definition) is 4. The summed E-state index contributed by atoms with van der Waals surface area (Å²) in [5.74, 6) is -1.17. The highest BCUT2D eigenvalue weighted by atomic mass is 16.6. The van der Waals surface area contributed by atoms with Crippen LogP contribution < -0.4 is 0 Å². The molecule has 1 saturated heterocycles. The molecule has 0 aromatic heterocycles. The van der Waals surface area contributed by atoms with E-state index in [0.29, 0.717) is 6.61 Å². The van der Waals surface area contributed by atoms with Crippen molar-refractivity contribution in [3.05, 3.63) is 24.3 Å². The smallest absolute Gasteiger partial charge is 0.341 e. The van der Waals surface area contributed by atoms with E-state index in [4.69, 9.17) is 9.47 Å². The van der Waals surface area contributed by atoms with Gasteiger partial charge in [-0.3, -0.25) is 4.79 Å². The molecule has 1 atom stereocenters. The van der Waals surface area contributed by atoms with Crippen LogP contribution in [0.3, 0.4) is 0 Å². The van der Waals surface area contributed by atoms with E-state index >= 15 is 0 Å². The number of ketones is 1. The van der Waals surface area contributed by atoms with Gasteiger partial charge in [-0.15, -0.1) is 0 Å². The molecule has 0 saturated carbocycles. The van der Waals surface area contributed by atoms with Gasteiger partial charge in [0.1, 0.15) is 12.7 Å². The number of allylic oxidation sites excluding steroid dienone is 1. The van der Waals surface area contributed by atoms with Gasteiger partial charge in [-0.25, -0.2) is 4.79 Å². The van der Waals surface area contributed by atoms with Crippen molar-refractivity contribution >= 4 is 11.8 Å². The number of epoxide rings is 1. The van der Waals surface area contributed by atoms with Gasteiger partial charge in [0, 0.05) is 0 Å². The molecule has 0 radical (unpaired) electrons. The number of ether oxygens (including phenoxy) is 2. The molecule has 0 aliphatic carbocycles. The first kappa shape index (κ1) is 10.7. The fourth-order valence-corrected chi connectivity index (χ4v) is 0.770.